The smallest absolute Gasteiger partial charge is 0.230 e. The lowest BCUT2D eigenvalue weighted by Crippen LogP contribution is -2.53. The number of nitrogens with zero attached hydrogens (tertiary/aromatic N) is 3. The molecule has 168 valence electrons. The summed E-state index contributed by atoms with van der Waals surface area (Å²) >= 11 is 6.15. The van der Waals surface area contributed by atoms with Gasteiger partial charge in [0.15, 0.2) is 0 Å². The van der Waals surface area contributed by atoms with Crippen molar-refractivity contribution in [3.05, 3.63) is 59.1 Å². The number of piperazine rings is 1. The van der Waals surface area contributed by atoms with Crippen molar-refractivity contribution < 1.29 is 9.59 Å². The van der Waals surface area contributed by atoms with Gasteiger partial charge in [-0.3, -0.25) is 9.59 Å². The average Bonchev–Trinajstić information content (AvgIpc) is 3.27. The molecule has 32 heavy (non-hydrogen) atoms. The first kappa shape index (κ1) is 21.3. The quantitative estimate of drug-likeness (QED) is 0.695. The first-order valence-electron chi connectivity index (χ1n) is 11.8. The summed E-state index contributed by atoms with van der Waals surface area (Å²) in [5, 5.41) is 0.730. The van der Waals surface area contributed by atoms with Crippen LogP contribution in [0.2, 0.25) is 5.02 Å². The molecular weight excluding hydrogens is 422 g/mol. The van der Waals surface area contributed by atoms with Crippen molar-refractivity contribution in [2.24, 2.45) is 11.8 Å². The lowest BCUT2D eigenvalue weighted by Gasteiger charge is -2.40. The third-order valence-electron chi connectivity index (χ3n) is 7.32. The van der Waals surface area contributed by atoms with Gasteiger partial charge in [-0.15, -0.1) is 0 Å². The van der Waals surface area contributed by atoms with E-state index in [1.165, 1.54) is 5.56 Å². The van der Waals surface area contributed by atoms with Crippen molar-refractivity contribution in [1.29, 1.82) is 0 Å². The monoisotopic (exact) mass is 451 g/mol. The summed E-state index contributed by atoms with van der Waals surface area (Å²) in [4.78, 5) is 33.3. The Kier molecular flexibility index (Phi) is 6.09. The molecule has 0 aromatic heterocycles. The van der Waals surface area contributed by atoms with Crippen molar-refractivity contribution in [2.75, 3.05) is 42.5 Å². The second kappa shape index (κ2) is 9.14. The fraction of sp³-hybridized carbons (Fsp3) is 0.462. The number of carbonyl (C=O) groups is 2. The summed E-state index contributed by atoms with van der Waals surface area (Å²) < 4.78 is 0. The summed E-state index contributed by atoms with van der Waals surface area (Å²) in [6.07, 6.45) is 4.59. The molecule has 1 saturated carbocycles. The molecule has 2 aromatic carbocycles. The summed E-state index contributed by atoms with van der Waals surface area (Å²) in [6.45, 7) is 3.69. The van der Waals surface area contributed by atoms with Crippen molar-refractivity contribution in [3.63, 3.8) is 0 Å². The maximum atomic E-state index is 13.6. The fourth-order valence-electron chi connectivity index (χ4n) is 5.58. The van der Waals surface area contributed by atoms with E-state index < -0.39 is 0 Å². The van der Waals surface area contributed by atoms with Crippen molar-refractivity contribution in [3.8, 4) is 0 Å². The van der Waals surface area contributed by atoms with Crippen LogP contribution in [0.3, 0.4) is 0 Å². The SMILES string of the molecule is O=C([C@@H]1CCCC[C@H]1C(=O)N1CCc2ccccc21)N1CCN(c2cccc(Cl)c2)CC1. The van der Waals surface area contributed by atoms with Crippen LogP contribution in [-0.4, -0.2) is 49.4 Å². The van der Waals surface area contributed by atoms with Gasteiger partial charge in [0.25, 0.3) is 0 Å². The minimum atomic E-state index is -0.201. The Morgan fingerprint density at radius 1 is 0.812 bits per heavy atom. The van der Waals surface area contributed by atoms with Crippen LogP contribution < -0.4 is 9.80 Å². The van der Waals surface area contributed by atoms with Gasteiger partial charge in [0.05, 0.1) is 5.92 Å². The highest BCUT2D eigenvalue weighted by atomic mass is 35.5. The van der Waals surface area contributed by atoms with E-state index in [0.717, 1.165) is 68.1 Å². The van der Waals surface area contributed by atoms with Crippen molar-refractivity contribution >= 4 is 34.8 Å². The Morgan fingerprint density at radius 3 is 2.28 bits per heavy atom. The van der Waals surface area contributed by atoms with Crippen LogP contribution in [0, 0.1) is 11.8 Å². The second-order valence-corrected chi connectivity index (χ2v) is 9.59. The van der Waals surface area contributed by atoms with Crippen LogP contribution in [0.25, 0.3) is 0 Å². The molecule has 1 aliphatic carbocycles. The molecule has 5 nitrogen and oxygen atoms in total. The Bertz CT molecular complexity index is 1000. The molecule has 5 rings (SSSR count). The van der Waals surface area contributed by atoms with Crippen LogP contribution >= 0.6 is 11.6 Å². The first-order chi connectivity index (χ1) is 15.6. The van der Waals surface area contributed by atoms with Gasteiger partial charge in [-0.1, -0.05) is 48.7 Å². The van der Waals surface area contributed by atoms with E-state index in [2.05, 4.69) is 17.0 Å². The van der Waals surface area contributed by atoms with Gasteiger partial charge >= 0.3 is 0 Å². The Hall–Kier alpha value is -2.53. The molecule has 2 aliphatic heterocycles. The van der Waals surface area contributed by atoms with E-state index in [1.807, 2.05) is 46.2 Å². The Morgan fingerprint density at radius 2 is 1.53 bits per heavy atom. The van der Waals surface area contributed by atoms with Crippen LogP contribution in [0.5, 0.6) is 0 Å². The minimum Gasteiger partial charge on any atom is -0.368 e. The van der Waals surface area contributed by atoms with E-state index in [1.54, 1.807) is 0 Å². The molecule has 0 unspecified atom stereocenters. The number of fused-ring (bicyclic) bond motifs is 1. The molecule has 0 bridgehead atoms. The maximum absolute atomic E-state index is 13.6. The molecule has 2 heterocycles. The highest BCUT2D eigenvalue weighted by molar-refractivity contribution is 6.30. The lowest BCUT2D eigenvalue weighted by molar-refractivity contribution is -0.143. The lowest BCUT2D eigenvalue weighted by atomic mass is 9.77. The number of anilines is 2. The second-order valence-electron chi connectivity index (χ2n) is 9.16. The van der Waals surface area contributed by atoms with Crippen LogP contribution in [0.4, 0.5) is 11.4 Å². The molecule has 0 spiro atoms. The first-order valence-corrected chi connectivity index (χ1v) is 12.2. The number of benzene rings is 2. The van der Waals surface area contributed by atoms with E-state index in [-0.39, 0.29) is 23.7 Å². The molecule has 2 amide bonds. The molecule has 3 aliphatic rings. The maximum Gasteiger partial charge on any atom is 0.230 e. The Balaban J connectivity index is 1.26. The number of hydrogen-bond donors (Lipinski definition) is 0. The highest BCUT2D eigenvalue weighted by Gasteiger charge is 2.41. The number of carbonyl (C=O) groups excluding carboxylic acids is 2. The van der Waals surface area contributed by atoms with Gasteiger partial charge in [-0.2, -0.15) is 0 Å². The molecule has 2 fully saturated rings. The van der Waals surface area contributed by atoms with E-state index in [0.29, 0.717) is 13.1 Å². The molecule has 2 aromatic rings. The highest BCUT2D eigenvalue weighted by Crippen LogP contribution is 2.37. The van der Waals surface area contributed by atoms with Gasteiger partial charge < -0.3 is 14.7 Å². The number of rotatable bonds is 3. The summed E-state index contributed by atoms with van der Waals surface area (Å²) in [5.74, 6) is -0.0815. The summed E-state index contributed by atoms with van der Waals surface area (Å²) in [7, 11) is 0. The summed E-state index contributed by atoms with van der Waals surface area (Å²) in [5.41, 5.74) is 3.36. The predicted octanol–water partition coefficient (Wildman–Crippen LogP) is 4.38. The van der Waals surface area contributed by atoms with Gasteiger partial charge in [-0.05, 0) is 49.1 Å². The standard InChI is InChI=1S/C26H30ClN3O2/c27-20-7-5-8-21(18-20)28-14-16-29(17-15-28)25(31)22-9-2-3-10-23(22)26(32)30-13-12-19-6-1-4-11-24(19)30/h1,4-8,11,18,22-23H,2-3,9-10,12-17H2/t22-,23-/m1/s1. The molecule has 2 atom stereocenters. The number of amides is 2. The van der Waals surface area contributed by atoms with Gasteiger partial charge in [0, 0.05) is 55.0 Å². The molecular formula is C26H30ClN3O2. The average molecular weight is 452 g/mol. The number of para-hydroxylation sites is 1. The third-order valence-corrected chi connectivity index (χ3v) is 7.55. The van der Waals surface area contributed by atoms with E-state index in [4.69, 9.17) is 11.6 Å². The Labute approximate surface area is 194 Å². The molecule has 1 saturated heterocycles. The van der Waals surface area contributed by atoms with Crippen LogP contribution in [0.1, 0.15) is 31.2 Å². The largest absolute Gasteiger partial charge is 0.368 e. The number of hydrogen-bond acceptors (Lipinski definition) is 3. The zero-order valence-electron chi connectivity index (χ0n) is 18.4. The normalized spacial score (nSPS) is 23.2. The molecule has 0 radical (unpaired) electrons. The van der Waals surface area contributed by atoms with Gasteiger partial charge in [0.1, 0.15) is 0 Å². The molecule has 0 N–H and O–H groups in total. The molecule has 6 heteroatoms. The van der Waals surface area contributed by atoms with Crippen molar-refractivity contribution in [1.82, 2.24) is 4.90 Å². The van der Waals surface area contributed by atoms with Crippen LogP contribution in [-0.2, 0) is 16.0 Å². The fourth-order valence-corrected chi connectivity index (χ4v) is 5.77. The zero-order valence-corrected chi connectivity index (χ0v) is 19.1. The van der Waals surface area contributed by atoms with Crippen LogP contribution in [0.15, 0.2) is 48.5 Å². The van der Waals surface area contributed by atoms with E-state index in [9.17, 15) is 9.59 Å². The van der Waals surface area contributed by atoms with E-state index >= 15 is 0 Å². The minimum absolute atomic E-state index is 0.144. The topological polar surface area (TPSA) is 43.9 Å². The predicted molar refractivity (Wildman–Crippen MR) is 128 cm³/mol. The van der Waals surface area contributed by atoms with Crippen molar-refractivity contribution in [2.45, 2.75) is 32.1 Å². The third kappa shape index (κ3) is 4.11. The van der Waals surface area contributed by atoms with Gasteiger partial charge in [-0.25, -0.2) is 0 Å². The zero-order chi connectivity index (χ0) is 22.1. The summed E-state index contributed by atoms with van der Waals surface area (Å²) in [6, 6.07) is 16.0. The number of halogens is 1. The van der Waals surface area contributed by atoms with Gasteiger partial charge in [0.2, 0.25) is 11.8 Å².